The van der Waals surface area contributed by atoms with Crippen molar-refractivity contribution in [2.45, 2.75) is 25.9 Å². The van der Waals surface area contributed by atoms with E-state index < -0.39 is 12.1 Å². The third-order valence-corrected chi connectivity index (χ3v) is 1.62. The molecule has 2 N–H and O–H groups in total. The van der Waals surface area contributed by atoms with Gasteiger partial charge in [0, 0.05) is 12.0 Å². The zero-order chi connectivity index (χ0) is 11.0. The van der Waals surface area contributed by atoms with Crippen molar-refractivity contribution in [2.75, 3.05) is 0 Å². The second-order valence-electron chi connectivity index (χ2n) is 2.83. The summed E-state index contributed by atoms with van der Waals surface area (Å²) in [7, 11) is 0. The number of hydrogen-bond acceptors (Lipinski definition) is 2. The van der Waals surface area contributed by atoms with Crippen LogP contribution in [0, 0.1) is 0 Å². The van der Waals surface area contributed by atoms with Gasteiger partial charge in [-0.25, -0.2) is 4.79 Å². The Morgan fingerprint density at radius 2 is 2.21 bits per heavy atom. The molecule has 0 radical (unpaired) electrons. The molecule has 3 nitrogen and oxygen atoms in total. The minimum Gasteiger partial charge on any atom is -0.478 e. The van der Waals surface area contributed by atoms with E-state index in [0.717, 1.165) is 0 Å². The average molecular weight is 196 g/mol. The molecule has 0 aromatic heterocycles. The first-order valence-electron chi connectivity index (χ1n) is 4.51. The molecule has 0 aliphatic rings. The van der Waals surface area contributed by atoms with E-state index >= 15 is 0 Å². The van der Waals surface area contributed by atoms with Crippen molar-refractivity contribution in [3.63, 3.8) is 0 Å². The van der Waals surface area contributed by atoms with Gasteiger partial charge in [0.15, 0.2) is 0 Å². The van der Waals surface area contributed by atoms with E-state index in [0.29, 0.717) is 6.42 Å². The molecule has 0 saturated carbocycles. The maximum Gasteiger partial charge on any atom is 0.331 e. The number of rotatable bonds is 6. The van der Waals surface area contributed by atoms with Crippen LogP contribution in [0.2, 0.25) is 0 Å². The third-order valence-electron chi connectivity index (χ3n) is 1.62. The molecule has 0 unspecified atom stereocenters. The Kier molecular flexibility index (Phi) is 6.41. The fourth-order valence-electron chi connectivity index (χ4n) is 1.00. The Hall–Kier alpha value is -1.35. The fraction of sp³-hybridized carbons (Fsp3) is 0.364. The van der Waals surface area contributed by atoms with Crippen LogP contribution in [0.4, 0.5) is 0 Å². The SMILES string of the molecule is C=CC=C[C@H](O)CC(=CCC)C(=O)O. The average Bonchev–Trinajstić information content (AvgIpc) is 2.14. The Balaban J connectivity index is 4.30. The van der Waals surface area contributed by atoms with E-state index in [1.54, 1.807) is 12.2 Å². The summed E-state index contributed by atoms with van der Waals surface area (Å²) in [6.07, 6.45) is 6.27. The van der Waals surface area contributed by atoms with Crippen molar-refractivity contribution in [2.24, 2.45) is 0 Å². The molecule has 0 amide bonds. The highest BCUT2D eigenvalue weighted by Crippen LogP contribution is 2.08. The van der Waals surface area contributed by atoms with Gasteiger partial charge in [-0.3, -0.25) is 0 Å². The smallest absolute Gasteiger partial charge is 0.331 e. The van der Waals surface area contributed by atoms with Crippen LogP contribution < -0.4 is 0 Å². The molecule has 0 aliphatic heterocycles. The molecular weight excluding hydrogens is 180 g/mol. The van der Waals surface area contributed by atoms with Crippen molar-refractivity contribution in [1.82, 2.24) is 0 Å². The molecule has 0 bridgehead atoms. The molecular formula is C11H16O3. The van der Waals surface area contributed by atoms with Gasteiger partial charge in [0.25, 0.3) is 0 Å². The zero-order valence-corrected chi connectivity index (χ0v) is 8.31. The van der Waals surface area contributed by atoms with Crippen molar-refractivity contribution in [3.05, 3.63) is 36.5 Å². The van der Waals surface area contributed by atoms with Gasteiger partial charge in [0.05, 0.1) is 6.10 Å². The highest BCUT2D eigenvalue weighted by Gasteiger charge is 2.10. The Bertz CT molecular complexity index is 251. The molecule has 0 aromatic rings. The van der Waals surface area contributed by atoms with Gasteiger partial charge in [-0.15, -0.1) is 0 Å². The van der Waals surface area contributed by atoms with Gasteiger partial charge in [0.2, 0.25) is 0 Å². The van der Waals surface area contributed by atoms with E-state index in [2.05, 4.69) is 6.58 Å². The maximum atomic E-state index is 10.7. The van der Waals surface area contributed by atoms with Crippen molar-refractivity contribution in [3.8, 4) is 0 Å². The summed E-state index contributed by atoms with van der Waals surface area (Å²) in [4.78, 5) is 10.7. The van der Waals surface area contributed by atoms with Crippen LogP contribution >= 0.6 is 0 Å². The van der Waals surface area contributed by atoms with Crippen LogP contribution in [0.25, 0.3) is 0 Å². The van der Waals surface area contributed by atoms with E-state index in [1.165, 1.54) is 12.2 Å². The molecule has 0 rings (SSSR count). The number of carboxylic acid groups (broad SMARTS) is 1. The molecule has 0 aromatic carbocycles. The topological polar surface area (TPSA) is 57.5 Å². The summed E-state index contributed by atoms with van der Waals surface area (Å²) < 4.78 is 0. The third kappa shape index (κ3) is 5.32. The number of aliphatic hydroxyl groups excluding tert-OH is 1. The summed E-state index contributed by atoms with van der Waals surface area (Å²) >= 11 is 0. The first-order valence-corrected chi connectivity index (χ1v) is 4.51. The number of carboxylic acids is 1. The van der Waals surface area contributed by atoms with Crippen LogP contribution in [-0.2, 0) is 4.79 Å². The van der Waals surface area contributed by atoms with Gasteiger partial charge >= 0.3 is 5.97 Å². The van der Waals surface area contributed by atoms with Crippen LogP contribution in [0.1, 0.15) is 19.8 Å². The van der Waals surface area contributed by atoms with E-state index in [-0.39, 0.29) is 12.0 Å². The summed E-state index contributed by atoms with van der Waals surface area (Å²) in [6, 6.07) is 0. The van der Waals surface area contributed by atoms with Crippen molar-refractivity contribution < 1.29 is 15.0 Å². The number of hydrogen-bond donors (Lipinski definition) is 2. The minimum absolute atomic E-state index is 0.132. The molecule has 14 heavy (non-hydrogen) atoms. The Morgan fingerprint density at radius 1 is 1.57 bits per heavy atom. The monoisotopic (exact) mass is 196 g/mol. The molecule has 0 saturated heterocycles. The predicted molar refractivity (Wildman–Crippen MR) is 56.0 cm³/mol. The van der Waals surface area contributed by atoms with Gasteiger partial charge in [-0.1, -0.05) is 37.8 Å². The Labute approximate surface area is 84.1 Å². The quantitative estimate of drug-likeness (QED) is 0.504. The van der Waals surface area contributed by atoms with Gasteiger partial charge < -0.3 is 10.2 Å². The number of aliphatic hydroxyl groups is 1. The molecule has 1 atom stereocenters. The minimum atomic E-state index is -0.974. The highest BCUT2D eigenvalue weighted by molar-refractivity contribution is 5.86. The second-order valence-corrected chi connectivity index (χ2v) is 2.83. The van der Waals surface area contributed by atoms with E-state index in [4.69, 9.17) is 5.11 Å². The number of allylic oxidation sites excluding steroid dienone is 3. The van der Waals surface area contributed by atoms with Crippen LogP contribution in [0.15, 0.2) is 36.5 Å². The fourth-order valence-corrected chi connectivity index (χ4v) is 1.00. The molecule has 0 spiro atoms. The van der Waals surface area contributed by atoms with Crippen molar-refractivity contribution >= 4 is 5.97 Å². The number of carbonyl (C=O) groups is 1. The van der Waals surface area contributed by atoms with E-state index in [9.17, 15) is 9.90 Å². The lowest BCUT2D eigenvalue weighted by Gasteiger charge is -2.05. The van der Waals surface area contributed by atoms with Crippen molar-refractivity contribution in [1.29, 1.82) is 0 Å². The highest BCUT2D eigenvalue weighted by atomic mass is 16.4. The van der Waals surface area contributed by atoms with E-state index in [1.807, 2.05) is 6.92 Å². The maximum absolute atomic E-state index is 10.7. The summed E-state index contributed by atoms with van der Waals surface area (Å²) in [5.41, 5.74) is 0.244. The largest absolute Gasteiger partial charge is 0.478 e. The molecule has 0 aliphatic carbocycles. The molecule has 78 valence electrons. The summed E-state index contributed by atoms with van der Waals surface area (Å²) in [5, 5.41) is 18.1. The molecule has 3 heteroatoms. The van der Waals surface area contributed by atoms with Crippen LogP contribution in [0.3, 0.4) is 0 Å². The Morgan fingerprint density at radius 3 is 2.64 bits per heavy atom. The summed E-state index contributed by atoms with van der Waals surface area (Å²) in [6.45, 7) is 5.31. The van der Waals surface area contributed by atoms with Crippen LogP contribution in [0.5, 0.6) is 0 Å². The number of aliphatic carboxylic acids is 1. The molecule has 0 fully saturated rings. The van der Waals surface area contributed by atoms with Gasteiger partial charge in [-0.2, -0.15) is 0 Å². The predicted octanol–water partition coefficient (Wildman–Crippen LogP) is 1.90. The standard InChI is InChI=1S/C11H16O3/c1-3-5-7-10(12)8-9(6-4-2)11(13)14/h3,5-7,10,12H,1,4,8H2,2H3,(H,13,14)/t10-/m0/s1. The lowest BCUT2D eigenvalue weighted by Crippen LogP contribution is -2.10. The normalized spacial score (nSPS) is 14.3. The van der Waals surface area contributed by atoms with Crippen LogP contribution in [-0.4, -0.2) is 22.3 Å². The summed E-state index contributed by atoms with van der Waals surface area (Å²) in [5.74, 6) is -0.974. The van der Waals surface area contributed by atoms with Gasteiger partial charge in [-0.05, 0) is 6.42 Å². The lowest BCUT2D eigenvalue weighted by molar-refractivity contribution is -0.133. The first kappa shape index (κ1) is 12.7. The first-order chi connectivity index (χ1) is 6.61. The zero-order valence-electron chi connectivity index (χ0n) is 8.31. The second kappa shape index (κ2) is 7.09. The molecule has 0 heterocycles. The van der Waals surface area contributed by atoms with Gasteiger partial charge in [0.1, 0.15) is 0 Å². The lowest BCUT2D eigenvalue weighted by atomic mass is 10.1.